The topological polar surface area (TPSA) is 23.8 Å². The zero-order valence-electron chi connectivity index (χ0n) is 16.5. The predicted octanol–water partition coefficient (Wildman–Crippen LogP) is 7.21. The van der Waals surface area contributed by atoms with E-state index in [2.05, 4.69) is 40.3 Å². The molecular formula is C20H37NTi. The second-order valence-corrected chi connectivity index (χ2v) is 5.81. The van der Waals surface area contributed by atoms with Crippen molar-refractivity contribution < 1.29 is 21.7 Å². The van der Waals surface area contributed by atoms with Crippen molar-refractivity contribution in [3.05, 3.63) is 68.2 Å². The van der Waals surface area contributed by atoms with Crippen LogP contribution >= 0.6 is 0 Å². The Kier molecular flexibility index (Phi) is 25.7. The van der Waals surface area contributed by atoms with Gasteiger partial charge in [0.05, 0.1) is 0 Å². The van der Waals surface area contributed by atoms with Crippen LogP contribution in [0.15, 0.2) is 41.5 Å². The minimum absolute atomic E-state index is 0. The summed E-state index contributed by atoms with van der Waals surface area (Å²) in [6, 6.07) is 0. The Bertz CT molecular complexity index is 348. The summed E-state index contributed by atoms with van der Waals surface area (Å²) in [5.41, 5.74) is 10.9. The van der Waals surface area contributed by atoms with E-state index < -0.39 is 0 Å². The van der Waals surface area contributed by atoms with E-state index in [0.717, 1.165) is 0 Å². The van der Waals surface area contributed by atoms with E-state index in [1.165, 1.54) is 16.7 Å². The van der Waals surface area contributed by atoms with E-state index in [1.807, 2.05) is 39.8 Å². The van der Waals surface area contributed by atoms with E-state index in [0.29, 0.717) is 5.92 Å². The van der Waals surface area contributed by atoms with Crippen LogP contribution in [0, 0.1) is 26.8 Å². The molecule has 0 aromatic rings. The average Bonchev–Trinajstić information content (AvgIpc) is 2.45. The van der Waals surface area contributed by atoms with Gasteiger partial charge in [0.25, 0.3) is 0 Å². The smallest absolute Gasteiger partial charge is 0.673 e. The molecule has 22 heavy (non-hydrogen) atoms. The number of hydrogen-bond donors (Lipinski definition) is 0. The Hall–Kier alpha value is -0.366. The van der Waals surface area contributed by atoms with Crippen LogP contribution < -0.4 is 0 Å². The van der Waals surface area contributed by atoms with Crippen molar-refractivity contribution in [2.75, 3.05) is 0 Å². The molecule has 0 radical (unpaired) electrons. The zero-order chi connectivity index (χ0) is 15.6. The van der Waals surface area contributed by atoms with Crippen LogP contribution in [0.4, 0.5) is 0 Å². The first kappa shape index (κ1) is 33.3. The van der Waals surface area contributed by atoms with Gasteiger partial charge in [-0.15, -0.1) is 12.5 Å². The molecule has 0 spiro atoms. The van der Waals surface area contributed by atoms with Gasteiger partial charge in [0, 0.05) is 0 Å². The van der Waals surface area contributed by atoms with Crippen molar-refractivity contribution in [1.82, 2.24) is 0 Å². The van der Waals surface area contributed by atoms with Crippen molar-refractivity contribution in [2.24, 2.45) is 5.92 Å². The molecule has 0 aromatic carbocycles. The molecule has 0 bridgehead atoms. The fourth-order valence-corrected chi connectivity index (χ4v) is 1.30. The summed E-state index contributed by atoms with van der Waals surface area (Å²) >= 11 is 0. The van der Waals surface area contributed by atoms with E-state index >= 15 is 0 Å². The molecule has 0 aromatic heterocycles. The summed E-state index contributed by atoms with van der Waals surface area (Å²) in [4.78, 5) is 0. The molecule has 1 rings (SSSR count). The fourth-order valence-electron chi connectivity index (χ4n) is 1.30. The maximum atomic E-state index is 6.94. The first-order valence-electron chi connectivity index (χ1n) is 6.81. The molecule has 1 aliphatic carbocycles. The second kappa shape index (κ2) is 17.0. The Balaban J connectivity index is -0.0000000659. The van der Waals surface area contributed by atoms with Gasteiger partial charge in [-0.3, -0.25) is 6.08 Å². The van der Waals surface area contributed by atoms with Crippen molar-refractivity contribution in [2.45, 2.75) is 60.9 Å². The maximum absolute atomic E-state index is 6.94. The van der Waals surface area contributed by atoms with Crippen LogP contribution in [-0.4, -0.2) is 5.54 Å². The summed E-state index contributed by atoms with van der Waals surface area (Å²) < 4.78 is 0. The Morgan fingerprint density at radius 3 is 1.55 bits per heavy atom. The van der Waals surface area contributed by atoms with Crippen LogP contribution in [-0.2, 0) is 21.7 Å². The standard InChI is InChI=1S/C9H13.C5H8.C4H10N.2CH3.Ti/c1-6-5-7(2)9(4)8(6)3;1-3-5-4-2;1-4(2,3)5;;;/h6H,1-4H3;3-5H,1H2,2H3;5H,1-3H3;2*1H3;/q-1;;3*-1;+4/b;5-4+;;;;. The Morgan fingerprint density at radius 1 is 1.14 bits per heavy atom. The summed E-state index contributed by atoms with van der Waals surface area (Å²) in [5, 5.41) is 0. The van der Waals surface area contributed by atoms with Gasteiger partial charge < -0.3 is 20.6 Å². The van der Waals surface area contributed by atoms with Crippen molar-refractivity contribution in [1.29, 1.82) is 0 Å². The Labute approximate surface area is 156 Å². The molecule has 0 amide bonds. The fraction of sp³-hybridized carbons (Fsp3) is 0.500. The molecule has 1 nitrogen and oxygen atoms in total. The van der Waals surface area contributed by atoms with Crippen LogP contribution in [0.2, 0.25) is 0 Å². The van der Waals surface area contributed by atoms with Gasteiger partial charge in [-0.05, 0) is 6.92 Å². The van der Waals surface area contributed by atoms with E-state index in [9.17, 15) is 0 Å². The molecule has 0 fully saturated rings. The monoisotopic (exact) mass is 339 g/mol. The largest absolute Gasteiger partial charge is 4.00 e. The summed E-state index contributed by atoms with van der Waals surface area (Å²) in [6.07, 6.45) is 8.94. The molecule has 0 aliphatic heterocycles. The summed E-state index contributed by atoms with van der Waals surface area (Å²) in [5.74, 6) is 0.560. The third kappa shape index (κ3) is 21.9. The molecule has 0 saturated heterocycles. The molecule has 1 aliphatic rings. The van der Waals surface area contributed by atoms with Gasteiger partial charge in [0.15, 0.2) is 0 Å². The van der Waals surface area contributed by atoms with Gasteiger partial charge in [-0.1, -0.05) is 72.3 Å². The number of allylic oxidation sites excluding steroid dienone is 7. The average molecular weight is 339 g/mol. The molecule has 1 unspecified atom stereocenters. The quantitative estimate of drug-likeness (QED) is 0.274. The zero-order valence-corrected chi connectivity index (χ0v) is 18.1. The molecule has 0 heterocycles. The van der Waals surface area contributed by atoms with Crippen molar-refractivity contribution >= 4 is 0 Å². The van der Waals surface area contributed by atoms with Crippen LogP contribution in [0.3, 0.4) is 0 Å². The number of hydrogen-bond acceptors (Lipinski definition) is 0. The SMILES string of the molecule is C=C/C=C/C.CC(C)(C)[NH-].CC1=[C-]C(C)C(C)=C1C.[CH3-].[CH3-].[Ti+4]. The van der Waals surface area contributed by atoms with Gasteiger partial charge in [0.1, 0.15) is 0 Å². The minimum atomic E-state index is -0.250. The Morgan fingerprint density at radius 2 is 1.50 bits per heavy atom. The first-order chi connectivity index (χ1) is 8.54. The third-order valence-electron chi connectivity index (χ3n) is 2.57. The normalized spacial score (nSPS) is 15.9. The second-order valence-electron chi connectivity index (χ2n) is 5.81. The minimum Gasteiger partial charge on any atom is -0.673 e. The summed E-state index contributed by atoms with van der Waals surface area (Å²) in [7, 11) is 0. The van der Waals surface area contributed by atoms with Gasteiger partial charge >= 0.3 is 21.7 Å². The molecule has 1 atom stereocenters. The van der Waals surface area contributed by atoms with E-state index in [-0.39, 0.29) is 42.1 Å². The third-order valence-corrected chi connectivity index (χ3v) is 2.57. The maximum Gasteiger partial charge on any atom is 4.00 e. The van der Waals surface area contributed by atoms with E-state index in [1.54, 1.807) is 6.08 Å². The van der Waals surface area contributed by atoms with Crippen LogP contribution in [0.1, 0.15) is 55.4 Å². The molecule has 1 N–H and O–H groups in total. The van der Waals surface area contributed by atoms with Crippen molar-refractivity contribution in [3.8, 4) is 0 Å². The molecular weight excluding hydrogens is 302 g/mol. The van der Waals surface area contributed by atoms with Gasteiger partial charge in [-0.25, -0.2) is 5.57 Å². The molecule has 0 saturated carbocycles. The number of nitrogens with one attached hydrogen (secondary N) is 1. The molecule has 2 heteroatoms. The first-order valence-corrected chi connectivity index (χ1v) is 6.81. The van der Waals surface area contributed by atoms with E-state index in [4.69, 9.17) is 5.73 Å². The van der Waals surface area contributed by atoms with Crippen LogP contribution in [0.5, 0.6) is 0 Å². The van der Waals surface area contributed by atoms with Crippen LogP contribution in [0.25, 0.3) is 5.73 Å². The van der Waals surface area contributed by atoms with Gasteiger partial charge in [-0.2, -0.15) is 11.1 Å². The molecule has 126 valence electrons. The van der Waals surface area contributed by atoms with Crippen molar-refractivity contribution in [3.63, 3.8) is 0 Å². The van der Waals surface area contributed by atoms with Gasteiger partial charge in [0.2, 0.25) is 0 Å². The summed E-state index contributed by atoms with van der Waals surface area (Å²) in [6.45, 7) is 19.7. The predicted molar refractivity (Wildman–Crippen MR) is 102 cm³/mol. The number of rotatable bonds is 1.